The lowest BCUT2D eigenvalue weighted by atomic mass is 9.96. The van der Waals surface area contributed by atoms with Crippen LogP contribution in [0.5, 0.6) is 0 Å². The molecule has 0 aliphatic heterocycles. The second kappa shape index (κ2) is 6.85. The molecule has 0 spiro atoms. The van der Waals surface area contributed by atoms with Crippen LogP contribution in [0.2, 0.25) is 0 Å². The Kier molecular flexibility index (Phi) is 5.12. The van der Waals surface area contributed by atoms with Gasteiger partial charge in [0.25, 0.3) is 0 Å². The minimum atomic E-state index is 0.0310. The summed E-state index contributed by atoms with van der Waals surface area (Å²) in [5.74, 6) is 1.91. The second-order valence-corrected chi connectivity index (χ2v) is 5.53. The van der Waals surface area contributed by atoms with Crippen molar-refractivity contribution in [2.24, 2.45) is 5.73 Å². The number of hydrogen-bond acceptors (Lipinski definition) is 3. The van der Waals surface area contributed by atoms with Crippen LogP contribution in [-0.2, 0) is 12.8 Å². The molecule has 114 valence electrons. The molecular weight excluding hydrogens is 260 g/mol. The molecule has 2 unspecified atom stereocenters. The first-order chi connectivity index (χ1) is 10.1. The zero-order valence-electron chi connectivity index (χ0n) is 13.5. The molecule has 2 atom stereocenters. The minimum absolute atomic E-state index is 0.0310. The molecule has 4 nitrogen and oxygen atoms in total. The van der Waals surface area contributed by atoms with E-state index >= 15 is 0 Å². The molecule has 0 amide bonds. The van der Waals surface area contributed by atoms with Gasteiger partial charge in [0, 0.05) is 18.9 Å². The Hall–Kier alpha value is -1.68. The molecule has 21 heavy (non-hydrogen) atoms. The minimum Gasteiger partial charge on any atom is -0.326 e. The zero-order chi connectivity index (χ0) is 15.4. The summed E-state index contributed by atoms with van der Waals surface area (Å²) in [6.07, 6.45) is 2.62. The molecule has 2 rings (SSSR count). The maximum atomic E-state index is 6.42. The summed E-state index contributed by atoms with van der Waals surface area (Å²) in [6.45, 7) is 8.43. The predicted molar refractivity (Wildman–Crippen MR) is 86.4 cm³/mol. The van der Waals surface area contributed by atoms with Crippen molar-refractivity contribution in [3.05, 3.63) is 47.0 Å². The average Bonchev–Trinajstić information content (AvgIpc) is 2.90. The first-order valence-corrected chi connectivity index (χ1v) is 7.87. The largest absolute Gasteiger partial charge is 0.326 e. The summed E-state index contributed by atoms with van der Waals surface area (Å²) >= 11 is 0. The Labute approximate surface area is 127 Å². The van der Waals surface area contributed by atoms with Gasteiger partial charge < -0.3 is 5.73 Å². The van der Waals surface area contributed by atoms with Crippen molar-refractivity contribution in [3.63, 3.8) is 0 Å². The fourth-order valence-electron chi connectivity index (χ4n) is 2.67. The maximum Gasteiger partial charge on any atom is 0.150 e. The van der Waals surface area contributed by atoms with E-state index in [0.29, 0.717) is 0 Å². The van der Waals surface area contributed by atoms with Crippen molar-refractivity contribution >= 4 is 0 Å². The van der Waals surface area contributed by atoms with Crippen LogP contribution in [0.15, 0.2) is 24.3 Å². The van der Waals surface area contributed by atoms with E-state index in [9.17, 15) is 0 Å². The molecule has 2 aromatic rings. The Morgan fingerprint density at radius 3 is 2.52 bits per heavy atom. The van der Waals surface area contributed by atoms with Crippen LogP contribution in [0, 0.1) is 6.92 Å². The number of benzene rings is 1. The van der Waals surface area contributed by atoms with Gasteiger partial charge in [-0.2, -0.15) is 5.10 Å². The summed E-state index contributed by atoms with van der Waals surface area (Å²) < 4.78 is 2.04. The van der Waals surface area contributed by atoms with E-state index in [2.05, 4.69) is 56.9 Å². The Bertz CT molecular complexity index is 588. The maximum absolute atomic E-state index is 6.42. The van der Waals surface area contributed by atoms with Gasteiger partial charge in [0.05, 0.1) is 6.04 Å². The fraction of sp³-hybridized carbons (Fsp3) is 0.529. The van der Waals surface area contributed by atoms with Gasteiger partial charge in [-0.05, 0) is 18.9 Å². The predicted octanol–water partition coefficient (Wildman–Crippen LogP) is 3.04. The van der Waals surface area contributed by atoms with Crippen LogP contribution in [0.3, 0.4) is 0 Å². The Morgan fingerprint density at radius 2 is 1.95 bits per heavy atom. The molecule has 0 radical (unpaired) electrons. The number of aryl methyl sites for hydroxylation is 3. The third kappa shape index (κ3) is 3.32. The number of hydrogen-bond donors (Lipinski definition) is 1. The number of aromatic nitrogens is 3. The van der Waals surface area contributed by atoms with Gasteiger partial charge in [0.1, 0.15) is 5.82 Å². The van der Waals surface area contributed by atoms with E-state index in [1.165, 1.54) is 11.1 Å². The summed E-state index contributed by atoms with van der Waals surface area (Å²) in [6, 6.07) is 8.62. The topological polar surface area (TPSA) is 56.7 Å². The highest BCUT2D eigenvalue weighted by Crippen LogP contribution is 2.25. The van der Waals surface area contributed by atoms with E-state index < -0.39 is 0 Å². The van der Waals surface area contributed by atoms with Gasteiger partial charge in [-0.3, -0.25) is 0 Å². The average molecular weight is 286 g/mol. The van der Waals surface area contributed by atoms with E-state index in [4.69, 9.17) is 10.8 Å². The van der Waals surface area contributed by atoms with E-state index in [1.54, 1.807) is 0 Å². The first kappa shape index (κ1) is 15.7. The second-order valence-electron chi connectivity index (χ2n) is 5.53. The number of nitrogens with two attached hydrogens (primary N) is 1. The third-order valence-electron chi connectivity index (χ3n) is 3.90. The lowest BCUT2D eigenvalue weighted by Gasteiger charge is -2.25. The Balaban J connectivity index is 2.52. The molecule has 1 aromatic carbocycles. The molecule has 0 aliphatic rings. The van der Waals surface area contributed by atoms with Crippen molar-refractivity contribution in [2.75, 3.05) is 0 Å². The van der Waals surface area contributed by atoms with Crippen LogP contribution in [-0.4, -0.2) is 20.8 Å². The van der Waals surface area contributed by atoms with E-state index in [-0.39, 0.29) is 12.1 Å². The highest BCUT2D eigenvalue weighted by Gasteiger charge is 2.24. The van der Waals surface area contributed by atoms with Crippen LogP contribution in [0.25, 0.3) is 0 Å². The normalized spacial score (nSPS) is 14.1. The molecule has 0 saturated heterocycles. The molecule has 2 N–H and O–H groups in total. The standard InChI is InChI=1S/C17H26N4/c1-5-14(18)17(13-10-8-9-12(4)11-13)21-16(7-3)19-15(6-2)20-21/h8-11,14,17H,5-7,18H2,1-4H3. The van der Waals surface area contributed by atoms with Crippen molar-refractivity contribution in [1.82, 2.24) is 14.8 Å². The number of nitrogens with zero attached hydrogens (tertiary/aromatic N) is 3. The van der Waals surface area contributed by atoms with E-state index in [1.807, 2.05) is 4.68 Å². The van der Waals surface area contributed by atoms with Crippen molar-refractivity contribution < 1.29 is 0 Å². The Morgan fingerprint density at radius 1 is 1.19 bits per heavy atom. The van der Waals surface area contributed by atoms with Crippen LogP contribution in [0.4, 0.5) is 0 Å². The molecule has 0 aliphatic carbocycles. The SMILES string of the molecule is CCc1nc(CC)n(C(c2cccc(C)c2)C(N)CC)n1. The summed E-state index contributed by atoms with van der Waals surface area (Å²) in [4.78, 5) is 4.63. The summed E-state index contributed by atoms with van der Waals surface area (Å²) in [5, 5.41) is 4.70. The quantitative estimate of drug-likeness (QED) is 0.888. The molecule has 4 heteroatoms. The molecule has 1 aromatic heterocycles. The lowest BCUT2D eigenvalue weighted by Crippen LogP contribution is -2.34. The van der Waals surface area contributed by atoms with Crippen LogP contribution < -0.4 is 5.73 Å². The molecule has 1 heterocycles. The monoisotopic (exact) mass is 286 g/mol. The summed E-state index contributed by atoms with van der Waals surface area (Å²) in [5.41, 5.74) is 8.88. The van der Waals surface area contributed by atoms with Crippen molar-refractivity contribution in [3.8, 4) is 0 Å². The highest BCUT2D eigenvalue weighted by atomic mass is 15.4. The molecule has 0 fully saturated rings. The molecular formula is C17H26N4. The van der Waals surface area contributed by atoms with Crippen LogP contribution in [0.1, 0.15) is 56.0 Å². The van der Waals surface area contributed by atoms with Gasteiger partial charge in [0.15, 0.2) is 5.82 Å². The first-order valence-electron chi connectivity index (χ1n) is 7.87. The van der Waals surface area contributed by atoms with Gasteiger partial charge >= 0.3 is 0 Å². The fourth-order valence-corrected chi connectivity index (χ4v) is 2.67. The summed E-state index contributed by atoms with van der Waals surface area (Å²) in [7, 11) is 0. The molecule has 0 bridgehead atoms. The number of rotatable bonds is 6. The van der Waals surface area contributed by atoms with Gasteiger partial charge in [-0.25, -0.2) is 9.67 Å². The van der Waals surface area contributed by atoms with Gasteiger partial charge in [-0.1, -0.05) is 50.6 Å². The van der Waals surface area contributed by atoms with E-state index in [0.717, 1.165) is 30.9 Å². The highest BCUT2D eigenvalue weighted by molar-refractivity contribution is 5.27. The van der Waals surface area contributed by atoms with Crippen LogP contribution >= 0.6 is 0 Å². The molecule has 0 saturated carbocycles. The van der Waals surface area contributed by atoms with Gasteiger partial charge in [0.2, 0.25) is 0 Å². The van der Waals surface area contributed by atoms with Gasteiger partial charge in [-0.15, -0.1) is 0 Å². The third-order valence-corrected chi connectivity index (χ3v) is 3.90. The van der Waals surface area contributed by atoms with Crippen molar-refractivity contribution in [1.29, 1.82) is 0 Å². The lowest BCUT2D eigenvalue weighted by molar-refractivity contribution is 0.409. The van der Waals surface area contributed by atoms with Crippen molar-refractivity contribution in [2.45, 2.75) is 59.0 Å². The zero-order valence-corrected chi connectivity index (χ0v) is 13.5. The smallest absolute Gasteiger partial charge is 0.150 e.